The summed E-state index contributed by atoms with van der Waals surface area (Å²) >= 11 is 0. The molecule has 1 saturated carbocycles. The topological polar surface area (TPSA) is 58.9 Å². The van der Waals surface area contributed by atoms with E-state index in [1.54, 1.807) is 13.1 Å². The van der Waals surface area contributed by atoms with Crippen LogP contribution in [0.3, 0.4) is 0 Å². The summed E-state index contributed by atoms with van der Waals surface area (Å²) in [6.07, 6.45) is -0.276. The fourth-order valence-electron chi connectivity index (χ4n) is 3.12. The second kappa shape index (κ2) is 8.83. The maximum atomic E-state index is 12.6. The summed E-state index contributed by atoms with van der Waals surface area (Å²) in [5.41, 5.74) is -0.0706. The fourth-order valence-corrected chi connectivity index (χ4v) is 4.00. The molecule has 0 aliphatic heterocycles. The van der Waals surface area contributed by atoms with E-state index in [0.717, 1.165) is 31.4 Å². The van der Waals surface area contributed by atoms with Gasteiger partial charge in [-0.1, -0.05) is 25.5 Å². The number of hydrogen-bond donors (Lipinski definition) is 2. The second-order valence-electron chi connectivity index (χ2n) is 8.60. The lowest BCUT2D eigenvalue weighted by molar-refractivity contribution is -0.226. The van der Waals surface area contributed by atoms with Crippen molar-refractivity contribution in [1.29, 1.82) is 0 Å². The number of alkyl halides is 3. The number of benzene rings is 1. The van der Waals surface area contributed by atoms with Crippen LogP contribution < -0.4 is 0 Å². The van der Waals surface area contributed by atoms with E-state index in [0.29, 0.717) is 18.4 Å². The zero-order valence-corrected chi connectivity index (χ0v) is 17.8. The molecule has 1 fully saturated rings. The molecular formula is C20H31F3O4Si. The van der Waals surface area contributed by atoms with E-state index >= 15 is 0 Å². The highest BCUT2D eigenvalue weighted by atomic mass is 28.4. The van der Waals surface area contributed by atoms with Crippen LogP contribution in [0.5, 0.6) is 0 Å². The van der Waals surface area contributed by atoms with Crippen molar-refractivity contribution in [2.24, 2.45) is 0 Å². The zero-order valence-electron chi connectivity index (χ0n) is 16.8. The minimum Gasteiger partial charge on any atom is -0.432 e. The third-order valence-electron chi connectivity index (χ3n) is 5.74. The lowest BCUT2D eigenvalue weighted by Crippen LogP contribution is -2.49. The zero-order chi connectivity index (χ0) is 21.1. The number of rotatable bonds is 8. The van der Waals surface area contributed by atoms with Gasteiger partial charge in [0.1, 0.15) is 0 Å². The predicted octanol–water partition coefficient (Wildman–Crippen LogP) is 4.85. The Morgan fingerprint density at radius 2 is 1.61 bits per heavy atom. The molecule has 0 saturated heterocycles. The molecule has 1 atom stereocenters. The van der Waals surface area contributed by atoms with E-state index in [-0.39, 0.29) is 19.8 Å². The fraction of sp³-hybridized carbons (Fsp3) is 0.700. The van der Waals surface area contributed by atoms with Gasteiger partial charge in [0.2, 0.25) is 0 Å². The van der Waals surface area contributed by atoms with Gasteiger partial charge in [0.25, 0.3) is 0 Å². The standard InChI is InChI=1S/C20H31F3O4Si/c1-18(28(2,3)25,15-27-19(24)11-5-4-6-12-19)14-26-13-16-7-9-17(10-8-16)20(21,22)23/h7-10,24-25H,4-6,11-15H2,1-3H3. The predicted molar refractivity (Wildman–Crippen MR) is 103 cm³/mol. The quantitative estimate of drug-likeness (QED) is 0.466. The van der Waals surface area contributed by atoms with E-state index in [1.165, 1.54) is 12.1 Å². The molecule has 1 aliphatic carbocycles. The smallest absolute Gasteiger partial charge is 0.416 e. The van der Waals surface area contributed by atoms with Crippen LogP contribution in [0.15, 0.2) is 24.3 Å². The molecule has 0 bridgehead atoms. The van der Waals surface area contributed by atoms with Gasteiger partial charge in [-0.15, -0.1) is 0 Å². The van der Waals surface area contributed by atoms with E-state index in [2.05, 4.69) is 0 Å². The van der Waals surface area contributed by atoms with Gasteiger partial charge in [-0.3, -0.25) is 0 Å². The summed E-state index contributed by atoms with van der Waals surface area (Å²) in [7, 11) is -2.71. The molecule has 1 unspecified atom stereocenters. The van der Waals surface area contributed by atoms with Crippen LogP contribution in [0, 0.1) is 0 Å². The Morgan fingerprint density at radius 3 is 2.11 bits per heavy atom. The minimum absolute atomic E-state index is 0.141. The van der Waals surface area contributed by atoms with Gasteiger partial charge in [-0.05, 0) is 43.6 Å². The van der Waals surface area contributed by atoms with Crippen molar-refractivity contribution in [3.05, 3.63) is 35.4 Å². The molecule has 0 amide bonds. The van der Waals surface area contributed by atoms with Crippen LogP contribution in [0.1, 0.15) is 50.2 Å². The highest BCUT2D eigenvalue weighted by Gasteiger charge is 2.45. The van der Waals surface area contributed by atoms with Gasteiger partial charge < -0.3 is 19.4 Å². The van der Waals surface area contributed by atoms with Crippen molar-refractivity contribution in [3.63, 3.8) is 0 Å². The minimum atomic E-state index is -4.36. The van der Waals surface area contributed by atoms with E-state index in [4.69, 9.17) is 9.47 Å². The molecule has 1 aliphatic rings. The van der Waals surface area contributed by atoms with Crippen LogP contribution in [0.25, 0.3) is 0 Å². The van der Waals surface area contributed by atoms with Gasteiger partial charge >= 0.3 is 6.18 Å². The molecule has 0 heterocycles. The molecule has 1 aromatic carbocycles. The highest BCUT2D eigenvalue weighted by molar-refractivity contribution is 6.73. The Balaban J connectivity index is 1.94. The average molecular weight is 421 g/mol. The first-order valence-electron chi connectivity index (χ1n) is 9.67. The number of ether oxygens (including phenoxy) is 2. The lowest BCUT2D eigenvalue weighted by Gasteiger charge is -2.41. The molecule has 0 spiro atoms. The SMILES string of the molecule is CC(COCc1ccc(C(F)(F)F)cc1)(COC1(O)CCCCC1)[Si](C)(C)O. The maximum Gasteiger partial charge on any atom is 0.416 e. The van der Waals surface area contributed by atoms with E-state index in [9.17, 15) is 23.1 Å². The first kappa shape index (κ1) is 23.3. The van der Waals surface area contributed by atoms with Crippen LogP contribution in [-0.4, -0.2) is 37.2 Å². The van der Waals surface area contributed by atoms with E-state index in [1.807, 2.05) is 6.92 Å². The van der Waals surface area contributed by atoms with Crippen molar-refractivity contribution < 1.29 is 32.5 Å². The first-order valence-corrected chi connectivity index (χ1v) is 12.6. The molecular weight excluding hydrogens is 389 g/mol. The Kier molecular flexibility index (Phi) is 7.36. The van der Waals surface area contributed by atoms with Gasteiger partial charge in [0, 0.05) is 17.9 Å². The largest absolute Gasteiger partial charge is 0.432 e. The Labute approximate surface area is 165 Å². The van der Waals surface area contributed by atoms with Crippen LogP contribution in [0.4, 0.5) is 13.2 Å². The summed E-state index contributed by atoms with van der Waals surface area (Å²) in [6, 6.07) is 4.85. The summed E-state index contributed by atoms with van der Waals surface area (Å²) < 4.78 is 49.5. The molecule has 0 aromatic heterocycles. The third-order valence-corrected chi connectivity index (χ3v) is 8.98. The lowest BCUT2D eigenvalue weighted by atomic mass is 9.94. The molecule has 1 aromatic rings. The van der Waals surface area contributed by atoms with Gasteiger partial charge in [0.15, 0.2) is 14.1 Å². The summed E-state index contributed by atoms with van der Waals surface area (Å²) in [5.74, 6) is -1.15. The van der Waals surface area contributed by atoms with Crippen LogP contribution in [-0.2, 0) is 22.3 Å². The average Bonchev–Trinajstić information content (AvgIpc) is 2.59. The van der Waals surface area contributed by atoms with Gasteiger partial charge in [0.05, 0.1) is 25.4 Å². The van der Waals surface area contributed by atoms with Crippen molar-refractivity contribution in [1.82, 2.24) is 0 Å². The Morgan fingerprint density at radius 1 is 1.04 bits per heavy atom. The summed E-state index contributed by atoms with van der Waals surface area (Å²) in [5, 5.41) is 9.91. The Hall–Kier alpha value is -0.933. The van der Waals surface area contributed by atoms with Crippen molar-refractivity contribution in [2.75, 3.05) is 13.2 Å². The van der Waals surface area contributed by atoms with Crippen molar-refractivity contribution in [3.8, 4) is 0 Å². The molecule has 0 radical (unpaired) electrons. The number of halogens is 3. The summed E-state index contributed by atoms with van der Waals surface area (Å²) in [4.78, 5) is 10.7. The highest BCUT2D eigenvalue weighted by Crippen LogP contribution is 2.40. The normalized spacial score (nSPS) is 20.0. The van der Waals surface area contributed by atoms with Crippen molar-refractivity contribution in [2.45, 2.75) is 75.7 Å². The molecule has 8 heteroatoms. The number of hydrogen-bond acceptors (Lipinski definition) is 4. The molecule has 160 valence electrons. The summed E-state index contributed by atoms with van der Waals surface area (Å²) in [6.45, 7) is 5.97. The van der Waals surface area contributed by atoms with Gasteiger partial charge in [-0.2, -0.15) is 13.2 Å². The van der Waals surface area contributed by atoms with Crippen LogP contribution >= 0.6 is 0 Å². The molecule has 28 heavy (non-hydrogen) atoms. The third kappa shape index (κ3) is 6.28. The molecule has 2 N–H and O–H groups in total. The molecule has 2 rings (SSSR count). The Bertz CT molecular complexity index is 622. The monoisotopic (exact) mass is 420 g/mol. The molecule has 4 nitrogen and oxygen atoms in total. The number of aliphatic hydroxyl groups is 1. The van der Waals surface area contributed by atoms with E-state index < -0.39 is 30.9 Å². The first-order chi connectivity index (χ1) is 12.8. The van der Waals surface area contributed by atoms with Crippen LogP contribution in [0.2, 0.25) is 18.1 Å². The van der Waals surface area contributed by atoms with Crippen molar-refractivity contribution >= 4 is 8.32 Å². The maximum absolute atomic E-state index is 12.6. The van der Waals surface area contributed by atoms with Gasteiger partial charge in [-0.25, -0.2) is 0 Å². The second-order valence-corrected chi connectivity index (χ2v) is 12.9.